The third kappa shape index (κ3) is 5.23. The zero-order valence-electron chi connectivity index (χ0n) is 28.9. The molecule has 0 bridgehead atoms. The molecule has 0 unspecified atom stereocenters. The van der Waals surface area contributed by atoms with Crippen LogP contribution in [0.25, 0.3) is 81.0 Å². The quantitative estimate of drug-likeness (QED) is 0.165. The molecule has 0 aliphatic carbocycles. The number of fused-ring (bicyclic) bond motifs is 6. The van der Waals surface area contributed by atoms with Crippen LogP contribution in [0.15, 0.2) is 182 Å². The van der Waals surface area contributed by atoms with E-state index in [0.717, 1.165) is 12.1 Å². The van der Waals surface area contributed by atoms with Gasteiger partial charge >= 0.3 is 0 Å². The second-order valence-corrected chi connectivity index (χ2v) is 14.9. The average molecular weight is 682 g/mol. The van der Waals surface area contributed by atoms with Crippen LogP contribution in [-0.2, 0) is 6.42 Å². The van der Waals surface area contributed by atoms with Gasteiger partial charge in [0.05, 0.1) is 11.0 Å². The summed E-state index contributed by atoms with van der Waals surface area (Å²) in [4.78, 5) is 0. The van der Waals surface area contributed by atoms with Crippen LogP contribution < -0.4 is 0 Å². The number of hydrogen-bond acceptors (Lipinski definition) is 1. The van der Waals surface area contributed by atoms with Crippen molar-refractivity contribution in [2.24, 2.45) is 0 Å². The van der Waals surface area contributed by atoms with Gasteiger partial charge in [0, 0.05) is 36.6 Å². The number of nitrogens with zero attached hydrogens (tertiary/aromatic N) is 1. The first kappa shape index (κ1) is 30.6. The Hall–Kier alpha value is -6.22. The number of aryl methyl sites for hydroxylation is 1. The Morgan fingerprint density at radius 3 is 1.94 bits per heavy atom. The van der Waals surface area contributed by atoms with Gasteiger partial charge in [0.1, 0.15) is 0 Å². The molecular weight excluding hydrogens is 647 g/mol. The summed E-state index contributed by atoms with van der Waals surface area (Å²) < 4.78 is 5.09. The average Bonchev–Trinajstić information content (AvgIpc) is 3.74. The molecule has 2 aromatic heterocycles. The Bertz CT molecular complexity index is 2930. The minimum Gasteiger partial charge on any atom is -0.309 e. The van der Waals surface area contributed by atoms with Gasteiger partial charge in [-0.1, -0.05) is 133 Å². The Kier molecular flexibility index (Phi) is 7.37. The van der Waals surface area contributed by atoms with Gasteiger partial charge in [-0.2, -0.15) is 0 Å². The maximum Gasteiger partial charge on any atom is 0.0547 e. The van der Waals surface area contributed by atoms with Crippen molar-refractivity contribution in [3.8, 4) is 39.1 Å². The first-order valence-corrected chi connectivity index (χ1v) is 18.8. The molecule has 52 heavy (non-hydrogen) atoms. The van der Waals surface area contributed by atoms with Gasteiger partial charge in [-0.05, 0) is 112 Å². The number of para-hydroxylation sites is 1. The molecule has 0 aliphatic heterocycles. The molecule has 10 rings (SSSR count). The lowest BCUT2D eigenvalue weighted by molar-refractivity contribution is 1.18. The van der Waals surface area contributed by atoms with Crippen LogP contribution in [0.4, 0.5) is 0 Å². The lowest BCUT2D eigenvalue weighted by atomic mass is 9.90. The maximum absolute atomic E-state index is 2.43. The fourth-order valence-corrected chi connectivity index (χ4v) is 9.07. The van der Waals surface area contributed by atoms with Gasteiger partial charge in [0.15, 0.2) is 0 Å². The first-order chi connectivity index (χ1) is 25.7. The fourth-order valence-electron chi connectivity index (χ4n) is 7.98. The molecule has 0 N–H and O–H groups in total. The molecule has 8 aromatic carbocycles. The number of thiophene rings is 1. The van der Waals surface area contributed by atoms with E-state index in [2.05, 4.69) is 193 Å². The van der Waals surface area contributed by atoms with E-state index in [1.807, 2.05) is 11.3 Å². The number of benzene rings is 8. The van der Waals surface area contributed by atoms with Crippen molar-refractivity contribution >= 4 is 53.3 Å². The molecule has 10 aromatic rings. The van der Waals surface area contributed by atoms with E-state index in [0.29, 0.717) is 0 Å². The van der Waals surface area contributed by atoms with Crippen LogP contribution in [0.1, 0.15) is 16.7 Å². The van der Waals surface area contributed by atoms with E-state index in [1.54, 1.807) is 0 Å². The van der Waals surface area contributed by atoms with Gasteiger partial charge < -0.3 is 4.57 Å². The highest BCUT2D eigenvalue weighted by atomic mass is 32.1. The standard InChI is InChI=1S/C50H35NS/c1-33-19-20-36(30-45(33)41-14-6-5-13-39(41)29-34-11-3-2-4-12-34)35-21-25-40(26-22-35)51-47-17-9-7-15-42(47)43-27-23-38(32-48(43)51)37-24-28-50-46(31-37)44-16-8-10-18-49(44)52-50/h2-28,30-32H,29H2,1H3. The van der Waals surface area contributed by atoms with Gasteiger partial charge in [-0.15, -0.1) is 11.3 Å². The summed E-state index contributed by atoms with van der Waals surface area (Å²) >= 11 is 1.87. The van der Waals surface area contributed by atoms with Crippen LogP contribution in [0, 0.1) is 6.92 Å². The molecule has 0 radical (unpaired) electrons. The van der Waals surface area contributed by atoms with Crippen molar-refractivity contribution in [2.75, 3.05) is 0 Å². The minimum absolute atomic E-state index is 0.912. The first-order valence-electron chi connectivity index (χ1n) is 18.0. The van der Waals surface area contributed by atoms with Gasteiger partial charge in [0.2, 0.25) is 0 Å². The van der Waals surface area contributed by atoms with E-state index < -0.39 is 0 Å². The third-order valence-electron chi connectivity index (χ3n) is 10.6. The van der Waals surface area contributed by atoms with E-state index in [4.69, 9.17) is 0 Å². The van der Waals surface area contributed by atoms with Gasteiger partial charge in [-0.3, -0.25) is 0 Å². The highest BCUT2D eigenvalue weighted by molar-refractivity contribution is 7.25. The second kappa shape index (κ2) is 12.5. The zero-order valence-corrected chi connectivity index (χ0v) is 29.7. The topological polar surface area (TPSA) is 4.93 Å². The summed E-state index contributed by atoms with van der Waals surface area (Å²) in [5, 5.41) is 5.19. The molecule has 0 saturated carbocycles. The normalized spacial score (nSPS) is 11.6. The second-order valence-electron chi connectivity index (χ2n) is 13.8. The molecule has 2 heterocycles. The number of hydrogen-bond donors (Lipinski definition) is 0. The van der Waals surface area contributed by atoms with Crippen LogP contribution in [0.5, 0.6) is 0 Å². The Morgan fingerprint density at radius 1 is 0.423 bits per heavy atom. The largest absolute Gasteiger partial charge is 0.309 e. The van der Waals surface area contributed by atoms with Crippen molar-refractivity contribution in [1.82, 2.24) is 4.57 Å². The molecule has 2 heteroatoms. The summed E-state index contributed by atoms with van der Waals surface area (Å²) in [6, 6.07) is 67.0. The third-order valence-corrected chi connectivity index (χ3v) is 11.8. The predicted molar refractivity (Wildman–Crippen MR) is 224 cm³/mol. The Balaban J connectivity index is 1.04. The molecule has 0 spiro atoms. The SMILES string of the molecule is Cc1ccc(-c2ccc(-n3c4ccccc4c4ccc(-c5ccc6sc7ccccc7c6c5)cc43)cc2)cc1-c1ccccc1Cc1ccccc1. The van der Waals surface area contributed by atoms with Crippen molar-refractivity contribution in [3.63, 3.8) is 0 Å². The Morgan fingerprint density at radius 2 is 1.06 bits per heavy atom. The smallest absolute Gasteiger partial charge is 0.0547 e. The van der Waals surface area contributed by atoms with E-state index >= 15 is 0 Å². The van der Waals surface area contributed by atoms with Crippen LogP contribution in [-0.4, -0.2) is 4.57 Å². The van der Waals surface area contributed by atoms with Crippen molar-refractivity contribution in [1.29, 1.82) is 0 Å². The minimum atomic E-state index is 0.912. The molecular formula is C50H35NS. The monoisotopic (exact) mass is 681 g/mol. The number of rotatable bonds is 6. The number of aromatic nitrogens is 1. The molecule has 0 amide bonds. The lowest BCUT2D eigenvalue weighted by Crippen LogP contribution is -1.95. The van der Waals surface area contributed by atoms with E-state index in [-0.39, 0.29) is 0 Å². The predicted octanol–water partition coefficient (Wildman–Crippen LogP) is 14.1. The molecule has 1 nitrogen and oxygen atoms in total. The summed E-state index contributed by atoms with van der Waals surface area (Å²) in [7, 11) is 0. The molecule has 0 saturated heterocycles. The summed E-state index contributed by atoms with van der Waals surface area (Å²) in [6.45, 7) is 2.22. The highest BCUT2D eigenvalue weighted by Gasteiger charge is 2.15. The van der Waals surface area contributed by atoms with Gasteiger partial charge in [0.25, 0.3) is 0 Å². The maximum atomic E-state index is 2.43. The Labute approximate surface area is 307 Å². The molecule has 246 valence electrons. The fraction of sp³-hybridized carbons (Fsp3) is 0.0400. The van der Waals surface area contributed by atoms with E-state index in [1.165, 1.54) is 92.0 Å². The van der Waals surface area contributed by atoms with Crippen LogP contribution in [0.3, 0.4) is 0 Å². The van der Waals surface area contributed by atoms with Crippen LogP contribution in [0.2, 0.25) is 0 Å². The summed E-state index contributed by atoms with van der Waals surface area (Å²) in [6.07, 6.45) is 0.912. The molecule has 0 fully saturated rings. The zero-order chi connectivity index (χ0) is 34.6. The molecule has 0 atom stereocenters. The van der Waals surface area contributed by atoms with E-state index in [9.17, 15) is 0 Å². The van der Waals surface area contributed by atoms with Crippen molar-refractivity contribution in [2.45, 2.75) is 13.3 Å². The van der Waals surface area contributed by atoms with Crippen molar-refractivity contribution in [3.05, 3.63) is 199 Å². The summed E-state index contributed by atoms with van der Waals surface area (Å²) in [5.74, 6) is 0. The van der Waals surface area contributed by atoms with Gasteiger partial charge in [-0.25, -0.2) is 0 Å². The highest BCUT2D eigenvalue weighted by Crippen LogP contribution is 2.39. The summed E-state index contributed by atoms with van der Waals surface area (Å²) in [5.41, 5.74) is 15.0. The lowest BCUT2D eigenvalue weighted by Gasteiger charge is -2.15. The van der Waals surface area contributed by atoms with Crippen molar-refractivity contribution < 1.29 is 0 Å². The van der Waals surface area contributed by atoms with Crippen LogP contribution >= 0.6 is 11.3 Å². The molecule has 0 aliphatic rings.